The highest BCUT2D eigenvalue weighted by molar-refractivity contribution is 5.92. The normalized spacial score (nSPS) is 10.8. The summed E-state index contributed by atoms with van der Waals surface area (Å²) in [6.45, 7) is 4.67. The lowest BCUT2D eigenvalue weighted by atomic mass is 9.98. The fourth-order valence-electron chi connectivity index (χ4n) is 3.07. The summed E-state index contributed by atoms with van der Waals surface area (Å²) in [5.41, 5.74) is -2.33. The van der Waals surface area contributed by atoms with Crippen molar-refractivity contribution in [2.24, 2.45) is 0 Å². The highest BCUT2D eigenvalue weighted by atomic mass is 19.2. The molecule has 3 aromatic rings. The molecule has 0 atom stereocenters. The molecule has 0 unspecified atom stereocenters. The molecule has 0 radical (unpaired) electrons. The van der Waals surface area contributed by atoms with Gasteiger partial charge in [-0.3, -0.25) is 0 Å². The molecular weight excluding hydrogens is 434 g/mol. The standard InChI is InChI=1S/C24H16F6O2/c1-3-4-5-13-6-18(27)22(19(28)7-13)14-8-20(29)23(21(30)9-14)24(31)32-15-10-16(25)12(2)17(26)11-15/h3,6-11H,1,4-5H2,2H3. The Kier molecular flexibility index (Phi) is 6.72. The topological polar surface area (TPSA) is 26.3 Å². The van der Waals surface area contributed by atoms with Gasteiger partial charge in [0, 0.05) is 17.7 Å². The van der Waals surface area contributed by atoms with Crippen LogP contribution in [0.25, 0.3) is 11.1 Å². The second-order valence-corrected chi connectivity index (χ2v) is 6.98. The number of carbonyl (C=O) groups excluding carboxylic acids is 1. The highest BCUT2D eigenvalue weighted by Crippen LogP contribution is 2.31. The molecule has 2 nitrogen and oxygen atoms in total. The number of allylic oxidation sites excluding steroid dienone is 1. The van der Waals surface area contributed by atoms with Crippen molar-refractivity contribution in [1.82, 2.24) is 0 Å². The molecule has 0 aliphatic heterocycles. The fourth-order valence-corrected chi connectivity index (χ4v) is 3.07. The molecule has 3 rings (SSSR count). The molecule has 0 amide bonds. The van der Waals surface area contributed by atoms with E-state index in [2.05, 4.69) is 11.3 Å². The van der Waals surface area contributed by atoms with E-state index in [4.69, 9.17) is 0 Å². The molecule has 32 heavy (non-hydrogen) atoms. The second kappa shape index (κ2) is 9.30. The Bertz CT molecular complexity index is 1150. The van der Waals surface area contributed by atoms with Crippen LogP contribution in [0, 0.1) is 41.8 Å². The smallest absolute Gasteiger partial charge is 0.349 e. The van der Waals surface area contributed by atoms with Gasteiger partial charge in [-0.2, -0.15) is 0 Å². The average Bonchev–Trinajstić information content (AvgIpc) is 2.69. The van der Waals surface area contributed by atoms with Crippen molar-refractivity contribution in [3.8, 4) is 16.9 Å². The number of rotatable bonds is 6. The van der Waals surface area contributed by atoms with Crippen LogP contribution < -0.4 is 4.74 Å². The summed E-state index contributed by atoms with van der Waals surface area (Å²) < 4.78 is 89.9. The van der Waals surface area contributed by atoms with E-state index in [0.717, 1.165) is 19.1 Å². The summed E-state index contributed by atoms with van der Waals surface area (Å²) in [6, 6.07) is 4.58. The van der Waals surface area contributed by atoms with Crippen molar-refractivity contribution < 1.29 is 35.9 Å². The molecule has 0 aliphatic rings. The summed E-state index contributed by atoms with van der Waals surface area (Å²) in [6.07, 6.45) is 2.38. The fraction of sp³-hybridized carbons (Fsp3) is 0.125. The van der Waals surface area contributed by atoms with Crippen LogP contribution in [0.1, 0.15) is 27.9 Å². The predicted octanol–water partition coefficient (Wildman–Crippen LogP) is 6.83. The molecule has 0 spiro atoms. The van der Waals surface area contributed by atoms with Gasteiger partial charge in [0.15, 0.2) is 0 Å². The Labute approximate surface area is 179 Å². The van der Waals surface area contributed by atoms with E-state index in [1.54, 1.807) is 6.08 Å². The summed E-state index contributed by atoms with van der Waals surface area (Å²) in [5, 5.41) is 0. The van der Waals surface area contributed by atoms with E-state index in [1.807, 2.05) is 0 Å². The summed E-state index contributed by atoms with van der Waals surface area (Å²) in [4.78, 5) is 12.2. The van der Waals surface area contributed by atoms with Gasteiger partial charge in [0.2, 0.25) is 0 Å². The Balaban J connectivity index is 1.95. The summed E-state index contributed by atoms with van der Waals surface area (Å²) in [5.74, 6) is -9.23. The van der Waals surface area contributed by atoms with E-state index in [0.29, 0.717) is 42.7 Å². The predicted molar refractivity (Wildman–Crippen MR) is 106 cm³/mol. The van der Waals surface area contributed by atoms with E-state index >= 15 is 0 Å². The Morgan fingerprint density at radius 1 is 0.844 bits per heavy atom. The first-order valence-corrected chi connectivity index (χ1v) is 9.38. The molecule has 3 aromatic carbocycles. The van der Waals surface area contributed by atoms with Gasteiger partial charge in [-0.15, -0.1) is 6.58 Å². The molecular formula is C24H16F6O2. The van der Waals surface area contributed by atoms with Gasteiger partial charge in [-0.1, -0.05) is 6.08 Å². The molecule has 0 fully saturated rings. The molecule has 0 bridgehead atoms. The van der Waals surface area contributed by atoms with E-state index in [1.165, 1.54) is 0 Å². The third kappa shape index (κ3) is 4.69. The molecule has 166 valence electrons. The van der Waals surface area contributed by atoms with E-state index in [9.17, 15) is 31.1 Å². The molecule has 8 heteroatoms. The number of aryl methyl sites for hydroxylation is 1. The zero-order valence-electron chi connectivity index (χ0n) is 16.7. The largest absolute Gasteiger partial charge is 0.423 e. The van der Waals surface area contributed by atoms with Crippen molar-refractivity contribution >= 4 is 5.97 Å². The second-order valence-electron chi connectivity index (χ2n) is 6.98. The lowest BCUT2D eigenvalue weighted by Crippen LogP contribution is -2.14. The van der Waals surface area contributed by atoms with Crippen molar-refractivity contribution in [3.05, 3.63) is 101 Å². The van der Waals surface area contributed by atoms with Crippen LogP contribution in [0.2, 0.25) is 0 Å². The number of hydrogen-bond donors (Lipinski definition) is 0. The van der Waals surface area contributed by atoms with Crippen LogP contribution in [-0.2, 0) is 6.42 Å². The maximum absolute atomic E-state index is 14.5. The monoisotopic (exact) mass is 450 g/mol. The van der Waals surface area contributed by atoms with Gasteiger partial charge in [-0.05, 0) is 55.2 Å². The van der Waals surface area contributed by atoms with Gasteiger partial charge < -0.3 is 4.74 Å². The van der Waals surface area contributed by atoms with E-state index < -0.39 is 63.3 Å². The number of carbonyl (C=O) groups is 1. The highest BCUT2D eigenvalue weighted by Gasteiger charge is 2.24. The van der Waals surface area contributed by atoms with Crippen LogP contribution in [0.5, 0.6) is 5.75 Å². The molecule has 0 heterocycles. The minimum atomic E-state index is -1.57. The summed E-state index contributed by atoms with van der Waals surface area (Å²) >= 11 is 0. The van der Waals surface area contributed by atoms with Gasteiger partial charge in [-0.25, -0.2) is 31.1 Å². The van der Waals surface area contributed by atoms with Crippen LogP contribution in [0.3, 0.4) is 0 Å². The average molecular weight is 450 g/mol. The van der Waals surface area contributed by atoms with Gasteiger partial charge >= 0.3 is 5.97 Å². The number of esters is 1. The number of halogens is 6. The molecule has 0 saturated heterocycles. The first-order chi connectivity index (χ1) is 15.1. The lowest BCUT2D eigenvalue weighted by molar-refractivity contribution is 0.0724. The molecule has 0 N–H and O–H groups in total. The third-order valence-electron chi connectivity index (χ3n) is 4.74. The Hall–Kier alpha value is -3.55. The van der Waals surface area contributed by atoms with Gasteiger partial charge in [0.1, 0.15) is 46.2 Å². The lowest BCUT2D eigenvalue weighted by Gasteiger charge is -2.11. The minimum Gasteiger partial charge on any atom is -0.423 e. The Morgan fingerprint density at radius 3 is 1.88 bits per heavy atom. The minimum absolute atomic E-state index is 0.325. The van der Waals surface area contributed by atoms with Crippen LogP contribution in [0.15, 0.2) is 49.1 Å². The Morgan fingerprint density at radius 2 is 1.38 bits per heavy atom. The number of benzene rings is 3. The van der Waals surface area contributed by atoms with Crippen LogP contribution in [0.4, 0.5) is 26.3 Å². The molecule has 0 aliphatic carbocycles. The summed E-state index contributed by atoms with van der Waals surface area (Å²) in [7, 11) is 0. The maximum atomic E-state index is 14.5. The maximum Gasteiger partial charge on any atom is 0.349 e. The number of ether oxygens (including phenoxy) is 1. The van der Waals surface area contributed by atoms with Gasteiger partial charge in [0.05, 0.1) is 5.56 Å². The third-order valence-corrected chi connectivity index (χ3v) is 4.74. The van der Waals surface area contributed by atoms with Crippen molar-refractivity contribution in [2.45, 2.75) is 19.8 Å². The van der Waals surface area contributed by atoms with Crippen molar-refractivity contribution in [1.29, 1.82) is 0 Å². The first-order valence-electron chi connectivity index (χ1n) is 9.38. The SMILES string of the molecule is C=CCCc1cc(F)c(-c2cc(F)c(C(=O)Oc3cc(F)c(C)c(F)c3)c(F)c2)c(F)c1. The zero-order chi connectivity index (χ0) is 23.6. The quantitative estimate of drug-likeness (QED) is 0.178. The van der Waals surface area contributed by atoms with E-state index in [-0.39, 0.29) is 5.56 Å². The van der Waals surface area contributed by atoms with Crippen molar-refractivity contribution in [2.75, 3.05) is 0 Å². The van der Waals surface area contributed by atoms with Gasteiger partial charge in [0.25, 0.3) is 0 Å². The zero-order valence-corrected chi connectivity index (χ0v) is 16.7. The molecule has 0 aromatic heterocycles. The van der Waals surface area contributed by atoms with Crippen LogP contribution in [-0.4, -0.2) is 5.97 Å². The first kappa shape index (κ1) is 23.1. The number of hydrogen-bond acceptors (Lipinski definition) is 2. The van der Waals surface area contributed by atoms with Crippen LogP contribution >= 0.6 is 0 Å². The molecule has 0 saturated carbocycles. The van der Waals surface area contributed by atoms with Crippen molar-refractivity contribution in [3.63, 3.8) is 0 Å².